The third kappa shape index (κ3) is 3.59. The Hall–Kier alpha value is -2.87. The molecular weight excluding hydrogens is 394 g/mol. The minimum absolute atomic E-state index is 0.0172. The van der Waals surface area contributed by atoms with Crippen molar-refractivity contribution in [1.82, 2.24) is 19.6 Å². The molecule has 0 unspecified atom stereocenters. The Kier molecular flexibility index (Phi) is 4.58. The molecule has 3 fully saturated rings. The molecule has 0 radical (unpaired) electrons. The number of hydrogen-bond donors (Lipinski definition) is 1. The van der Waals surface area contributed by atoms with E-state index in [0.717, 1.165) is 36.6 Å². The molecule has 1 aliphatic carbocycles. The SMILES string of the molecule is CC(C)Oc1cc2nn(C34CCC(C)(CC3)OC4)cc2cc1C(=O)Nc1ccn(C)n1. The molecule has 4 heterocycles. The maximum Gasteiger partial charge on any atom is 0.260 e. The number of nitrogens with one attached hydrogen (secondary N) is 1. The van der Waals surface area contributed by atoms with Gasteiger partial charge in [-0.15, -0.1) is 0 Å². The fourth-order valence-electron chi connectivity index (χ4n) is 4.63. The second-order valence-electron chi connectivity index (χ2n) is 9.44. The van der Waals surface area contributed by atoms with E-state index in [1.165, 1.54) is 0 Å². The molecular formula is C23H29N5O3. The lowest BCUT2D eigenvalue weighted by Crippen LogP contribution is -2.54. The standard InChI is InChI=1S/C23H29N5O3/c1-15(2)31-19-12-18-16(11-17(19)21(29)24-20-5-10-27(4)26-20)13-28(25-18)23-8-6-22(3,7-9-23)30-14-23/h5,10-13,15H,6-9,14H2,1-4H3,(H,24,26,29). The highest BCUT2D eigenvalue weighted by Gasteiger charge is 2.49. The zero-order valence-electron chi connectivity index (χ0n) is 18.5. The van der Waals surface area contributed by atoms with Gasteiger partial charge in [0.1, 0.15) is 5.75 Å². The average Bonchev–Trinajstić information content (AvgIpc) is 3.33. The summed E-state index contributed by atoms with van der Waals surface area (Å²) in [6.45, 7) is 6.78. The lowest BCUT2D eigenvalue weighted by molar-refractivity contribution is -0.169. The number of benzene rings is 1. The molecule has 3 aliphatic rings. The minimum atomic E-state index is -0.253. The number of hydrogen-bond acceptors (Lipinski definition) is 5. The highest BCUT2D eigenvalue weighted by Crippen LogP contribution is 2.47. The van der Waals surface area contributed by atoms with Gasteiger partial charge in [-0.2, -0.15) is 10.2 Å². The first-order valence-electron chi connectivity index (χ1n) is 10.9. The van der Waals surface area contributed by atoms with Gasteiger partial charge in [-0.05, 0) is 52.5 Å². The summed E-state index contributed by atoms with van der Waals surface area (Å²) in [5.74, 6) is 0.772. The molecule has 2 bridgehead atoms. The quantitative estimate of drug-likeness (QED) is 0.674. The Morgan fingerprint density at radius 3 is 2.61 bits per heavy atom. The van der Waals surface area contributed by atoms with Crippen LogP contribution >= 0.6 is 0 Å². The summed E-state index contributed by atoms with van der Waals surface area (Å²) in [7, 11) is 1.81. The normalized spacial score (nSPS) is 25.3. The van der Waals surface area contributed by atoms with Crippen molar-refractivity contribution in [2.75, 3.05) is 11.9 Å². The molecule has 1 N–H and O–H groups in total. The van der Waals surface area contributed by atoms with Gasteiger partial charge in [0, 0.05) is 37.0 Å². The summed E-state index contributed by atoms with van der Waals surface area (Å²) in [6, 6.07) is 5.49. The molecule has 1 saturated carbocycles. The van der Waals surface area contributed by atoms with E-state index < -0.39 is 0 Å². The minimum Gasteiger partial charge on any atom is -0.490 e. The van der Waals surface area contributed by atoms with Gasteiger partial charge in [0.2, 0.25) is 0 Å². The number of carbonyl (C=O) groups is 1. The Bertz CT molecular complexity index is 1120. The number of carbonyl (C=O) groups excluding carboxylic acids is 1. The van der Waals surface area contributed by atoms with Crippen LogP contribution in [0.25, 0.3) is 10.9 Å². The van der Waals surface area contributed by atoms with E-state index in [9.17, 15) is 4.79 Å². The lowest BCUT2D eigenvalue weighted by Gasteiger charge is -2.51. The van der Waals surface area contributed by atoms with Crippen molar-refractivity contribution in [3.8, 4) is 5.75 Å². The van der Waals surface area contributed by atoms with Crippen molar-refractivity contribution in [2.45, 2.75) is 63.7 Å². The first kappa shape index (κ1) is 20.1. The van der Waals surface area contributed by atoms with Crippen molar-refractivity contribution in [3.63, 3.8) is 0 Å². The molecule has 31 heavy (non-hydrogen) atoms. The smallest absolute Gasteiger partial charge is 0.260 e. The number of nitrogens with zero attached hydrogens (tertiary/aromatic N) is 4. The number of ether oxygens (including phenoxy) is 2. The van der Waals surface area contributed by atoms with Gasteiger partial charge in [-0.1, -0.05) is 0 Å². The molecule has 1 amide bonds. The highest BCUT2D eigenvalue weighted by atomic mass is 16.5. The fraction of sp³-hybridized carbons (Fsp3) is 0.522. The van der Waals surface area contributed by atoms with Crippen LogP contribution in [0.2, 0.25) is 0 Å². The fourth-order valence-corrected chi connectivity index (χ4v) is 4.63. The Morgan fingerprint density at radius 1 is 1.23 bits per heavy atom. The second-order valence-corrected chi connectivity index (χ2v) is 9.44. The lowest BCUT2D eigenvalue weighted by atomic mass is 9.72. The van der Waals surface area contributed by atoms with Crippen LogP contribution in [0.4, 0.5) is 5.82 Å². The van der Waals surface area contributed by atoms with Crippen LogP contribution in [-0.2, 0) is 17.3 Å². The average molecular weight is 424 g/mol. The van der Waals surface area contributed by atoms with Crippen LogP contribution < -0.4 is 10.1 Å². The van der Waals surface area contributed by atoms with Crippen LogP contribution in [0, 0.1) is 0 Å². The summed E-state index contributed by atoms with van der Waals surface area (Å²) < 4.78 is 15.9. The van der Waals surface area contributed by atoms with Gasteiger partial charge in [0.05, 0.1) is 34.9 Å². The number of anilines is 1. The van der Waals surface area contributed by atoms with Gasteiger partial charge in [0.25, 0.3) is 5.91 Å². The molecule has 2 saturated heterocycles. The van der Waals surface area contributed by atoms with E-state index in [4.69, 9.17) is 14.6 Å². The summed E-state index contributed by atoms with van der Waals surface area (Å²) in [5, 5.41) is 12.9. The largest absolute Gasteiger partial charge is 0.490 e. The van der Waals surface area contributed by atoms with Gasteiger partial charge in [-0.3, -0.25) is 14.2 Å². The second kappa shape index (κ2) is 7.09. The van der Waals surface area contributed by atoms with Crippen LogP contribution in [0.1, 0.15) is 56.8 Å². The van der Waals surface area contributed by atoms with E-state index in [-0.39, 0.29) is 23.2 Å². The topological polar surface area (TPSA) is 83.2 Å². The molecule has 0 atom stereocenters. The molecule has 8 nitrogen and oxygen atoms in total. The van der Waals surface area contributed by atoms with E-state index in [1.54, 1.807) is 16.9 Å². The molecule has 3 aromatic rings. The van der Waals surface area contributed by atoms with Crippen LogP contribution in [-0.4, -0.2) is 43.8 Å². The van der Waals surface area contributed by atoms with E-state index in [1.807, 2.05) is 39.2 Å². The molecule has 1 aromatic carbocycles. The number of fused-ring (bicyclic) bond motifs is 4. The number of aromatic nitrogens is 4. The van der Waals surface area contributed by atoms with Crippen molar-refractivity contribution in [1.29, 1.82) is 0 Å². The summed E-state index contributed by atoms with van der Waals surface area (Å²) >= 11 is 0. The molecule has 8 heteroatoms. The molecule has 164 valence electrons. The van der Waals surface area contributed by atoms with Crippen LogP contribution in [0.15, 0.2) is 30.6 Å². The van der Waals surface area contributed by atoms with Crippen LogP contribution in [0.5, 0.6) is 5.75 Å². The van der Waals surface area contributed by atoms with Crippen molar-refractivity contribution in [2.24, 2.45) is 7.05 Å². The van der Waals surface area contributed by atoms with Gasteiger partial charge < -0.3 is 14.8 Å². The molecule has 2 aromatic heterocycles. The molecule has 0 spiro atoms. The zero-order chi connectivity index (χ0) is 21.8. The van der Waals surface area contributed by atoms with Gasteiger partial charge in [-0.25, -0.2) is 0 Å². The molecule has 2 aliphatic heterocycles. The maximum absolute atomic E-state index is 13.1. The number of amides is 1. The van der Waals surface area contributed by atoms with Gasteiger partial charge in [0.15, 0.2) is 5.82 Å². The van der Waals surface area contributed by atoms with E-state index >= 15 is 0 Å². The number of rotatable bonds is 5. The van der Waals surface area contributed by atoms with Gasteiger partial charge >= 0.3 is 0 Å². The summed E-state index contributed by atoms with van der Waals surface area (Å²) in [4.78, 5) is 13.1. The predicted octanol–water partition coefficient (Wildman–Crippen LogP) is 3.87. The third-order valence-electron chi connectivity index (χ3n) is 6.58. The van der Waals surface area contributed by atoms with E-state index in [0.29, 0.717) is 23.7 Å². The Balaban J connectivity index is 1.51. The van der Waals surface area contributed by atoms with Crippen molar-refractivity contribution >= 4 is 22.6 Å². The molecule has 6 rings (SSSR count). The first-order valence-corrected chi connectivity index (χ1v) is 10.9. The summed E-state index contributed by atoms with van der Waals surface area (Å²) in [6.07, 6.45) is 7.96. The Labute approximate surface area is 181 Å². The first-order chi connectivity index (χ1) is 14.8. The number of aryl methyl sites for hydroxylation is 1. The van der Waals surface area contributed by atoms with Crippen molar-refractivity contribution in [3.05, 3.63) is 36.2 Å². The Morgan fingerprint density at radius 2 is 2.00 bits per heavy atom. The van der Waals surface area contributed by atoms with Crippen molar-refractivity contribution < 1.29 is 14.3 Å². The third-order valence-corrected chi connectivity index (χ3v) is 6.58. The highest BCUT2D eigenvalue weighted by molar-refractivity contribution is 6.08. The van der Waals surface area contributed by atoms with E-state index in [2.05, 4.69) is 22.0 Å². The zero-order valence-corrected chi connectivity index (χ0v) is 18.5. The van der Waals surface area contributed by atoms with Crippen LogP contribution in [0.3, 0.4) is 0 Å². The summed E-state index contributed by atoms with van der Waals surface area (Å²) in [5.41, 5.74) is 1.20. The monoisotopic (exact) mass is 423 g/mol. The predicted molar refractivity (Wildman–Crippen MR) is 117 cm³/mol. The maximum atomic E-state index is 13.1.